The lowest BCUT2D eigenvalue weighted by Gasteiger charge is -2.36. The van der Waals surface area contributed by atoms with E-state index < -0.39 is 0 Å². The number of hydrogen-bond donors (Lipinski definition) is 1. The molecule has 8 heteroatoms. The fraction of sp³-hybridized carbons (Fsp3) is 0.542. The zero-order chi connectivity index (χ0) is 22.3. The third-order valence-corrected chi connectivity index (χ3v) is 6.07. The summed E-state index contributed by atoms with van der Waals surface area (Å²) in [6.07, 6.45) is 1.31. The molecule has 3 heterocycles. The number of rotatable bonds is 7. The number of aryl methyl sites for hydroxylation is 1. The second kappa shape index (κ2) is 10.6. The summed E-state index contributed by atoms with van der Waals surface area (Å²) < 4.78 is 5.17. The number of carbonyl (C=O) groups is 1. The zero-order valence-electron chi connectivity index (χ0n) is 19.2. The van der Waals surface area contributed by atoms with Gasteiger partial charge in [0, 0.05) is 71.4 Å². The van der Waals surface area contributed by atoms with Crippen molar-refractivity contribution in [3.05, 3.63) is 52.9 Å². The SMILES string of the molecule is CCNC(=NCCCC(=O)N1Cc2ccccc2C1)N1CCN(Cc2cc(C)on2)CC1. The molecule has 2 aliphatic heterocycles. The van der Waals surface area contributed by atoms with Crippen LogP contribution in [0.4, 0.5) is 0 Å². The summed E-state index contributed by atoms with van der Waals surface area (Å²) in [5, 5.41) is 7.51. The molecule has 0 aliphatic carbocycles. The number of aliphatic imine (C=N–C) groups is 1. The minimum Gasteiger partial charge on any atom is -0.361 e. The Bertz CT molecular complexity index is 907. The summed E-state index contributed by atoms with van der Waals surface area (Å²) >= 11 is 0. The molecule has 1 amide bonds. The van der Waals surface area contributed by atoms with Gasteiger partial charge >= 0.3 is 0 Å². The van der Waals surface area contributed by atoms with Gasteiger partial charge in [0.1, 0.15) is 5.76 Å². The number of amides is 1. The fourth-order valence-corrected chi connectivity index (χ4v) is 4.35. The van der Waals surface area contributed by atoms with Gasteiger partial charge in [-0.3, -0.25) is 14.7 Å². The van der Waals surface area contributed by atoms with Crippen molar-refractivity contribution in [1.82, 2.24) is 25.2 Å². The predicted molar refractivity (Wildman–Crippen MR) is 124 cm³/mol. The van der Waals surface area contributed by atoms with Crippen molar-refractivity contribution in [3.63, 3.8) is 0 Å². The molecule has 0 bridgehead atoms. The summed E-state index contributed by atoms with van der Waals surface area (Å²) in [7, 11) is 0. The molecule has 32 heavy (non-hydrogen) atoms. The quantitative estimate of drug-likeness (QED) is 0.406. The lowest BCUT2D eigenvalue weighted by atomic mass is 10.1. The number of benzene rings is 1. The monoisotopic (exact) mass is 438 g/mol. The molecule has 172 valence electrons. The van der Waals surface area contributed by atoms with Crippen LogP contribution in [0.25, 0.3) is 0 Å². The van der Waals surface area contributed by atoms with E-state index in [-0.39, 0.29) is 5.91 Å². The largest absolute Gasteiger partial charge is 0.361 e. The first-order valence-electron chi connectivity index (χ1n) is 11.6. The van der Waals surface area contributed by atoms with E-state index in [9.17, 15) is 4.79 Å². The zero-order valence-corrected chi connectivity index (χ0v) is 19.2. The van der Waals surface area contributed by atoms with E-state index in [1.54, 1.807) is 0 Å². The Balaban J connectivity index is 1.21. The van der Waals surface area contributed by atoms with E-state index in [2.05, 4.69) is 39.3 Å². The lowest BCUT2D eigenvalue weighted by Crippen LogP contribution is -2.52. The van der Waals surface area contributed by atoms with Crippen LogP contribution in [-0.2, 0) is 24.4 Å². The molecular formula is C24H34N6O2. The van der Waals surface area contributed by atoms with Crippen LogP contribution in [0.3, 0.4) is 0 Å². The van der Waals surface area contributed by atoms with Gasteiger partial charge in [0.2, 0.25) is 5.91 Å². The van der Waals surface area contributed by atoms with Gasteiger partial charge in [-0.25, -0.2) is 0 Å². The van der Waals surface area contributed by atoms with Gasteiger partial charge in [0.15, 0.2) is 5.96 Å². The number of guanidine groups is 1. The van der Waals surface area contributed by atoms with Crippen molar-refractivity contribution in [1.29, 1.82) is 0 Å². The molecule has 8 nitrogen and oxygen atoms in total. The molecule has 0 unspecified atom stereocenters. The Morgan fingerprint density at radius 1 is 1.12 bits per heavy atom. The van der Waals surface area contributed by atoms with Gasteiger partial charge < -0.3 is 19.6 Å². The summed E-state index contributed by atoms with van der Waals surface area (Å²) in [6.45, 7) is 11.6. The van der Waals surface area contributed by atoms with E-state index in [4.69, 9.17) is 9.52 Å². The molecule has 0 radical (unpaired) electrons. The van der Waals surface area contributed by atoms with Crippen LogP contribution in [0.2, 0.25) is 0 Å². The first-order chi connectivity index (χ1) is 15.6. The molecule has 0 spiro atoms. The van der Waals surface area contributed by atoms with Crippen molar-refractivity contribution in [2.75, 3.05) is 39.3 Å². The third kappa shape index (κ3) is 5.68. The maximum Gasteiger partial charge on any atom is 0.223 e. The van der Waals surface area contributed by atoms with Crippen LogP contribution in [0.15, 0.2) is 39.8 Å². The number of nitrogens with zero attached hydrogens (tertiary/aromatic N) is 5. The number of fused-ring (bicyclic) bond motifs is 1. The van der Waals surface area contributed by atoms with Gasteiger partial charge in [-0.1, -0.05) is 29.4 Å². The first kappa shape index (κ1) is 22.3. The molecule has 1 N–H and O–H groups in total. The standard InChI is InChI=1S/C24H34N6O2/c1-3-25-24(29-13-11-28(12-14-29)18-22-15-19(2)32-27-22)26-10-6-9-23(31)30-16-20-7-4-5-8-21(20)17-30/h4-5,7-8,15H,3,6,9-14,16-18H2,1-2H3,(H,25,26). The Kier molecular flexibility index (Phi) is 7.42. The number of hydrogen-bond acceptors (Lipinski definition) is 5. The number of piperazine rings is 1. The van der Waals surface area contributed by atoms with E-state index in [1.165, 1.54) is 11.1 Å². The Morgan fingerprint density at radius 3 is 2.47 bits per heavy atom. The van der Waals surface area contributed by atoms with Crippen LogP contribution in [0, 0.1) is 6.92 Å². The number of aromatic nitrogens is 1. The highest BCUT2D eigenvalue weighted by Gasteiger charge is 2.23. The van der Waals surface area contributed by atoms with Crippen molar-refractivity contribution in [2.45, 2.75) is 46.3 Å². The first-order valence-corrected chi connectivity index (χ1v) is 11.6. The summed E-state index contributed by atoms with van der Waals surface area (Å²) in [5.74, 6) is 2.02. The Hall–Kier alpha value is -2.87. The second-order valence-electron chi connectivity index (χ2n) is 8.55. The average Bonchev–Trinajstić information content (AvgIpc) is 3.42. The number of carbonyl (C=O) groups excluding carboxylic acids is 1. The Morgan fingerprint density at radius 2 is 1.84 bits per heavy atom. The van der Waals surface area contributed by atoms with Crippen molar-refractivity contribution in [2.24, 2.45) is 4.99 Å². The molecule has 2 aliphatic rings. The van der Waals surface area contributed by atoms with Gasteiger partial charge in [-0.05, 0) is 31.4 Å². The molecule has 1 aromatic heterocycles. The van der Waals surface area contributed by atoms with Crippen molar-refractivity contribution < 1.29 is 9.32 Å². The minimum atomic E-state index is 0.220. The lowest BCUT2D eigenvalue weighted by molar-refractivity contribution is -0.131. The van der Waals surface area contributed by atoms with E-state index in [1.807, 2.05) is 30.0 Å². The van der Waals surface area contributed by atoms with Gasteiger partial charge in [-0.2, -0.15) is 0 Å². The van der Waals surface area contributed by atoms with Crippen molar-refractivity contribution in [3.8, 4) is 0 Å². The molecule has 0 atom stereocenters. The highest BCUT2D eigenvalue weighted by atomic mass is 16.5. The van der Waals surface area contributed by atoms with Crippen molar-refractivity contribution >= 4 is 11.9 Å². The highest BCUT2D eigenvalue weighted by Crippen LogP contribution is 2.23. The van der Waals surface area contributed by atoms with E-state index in [0.29, 0.717) is 13.0 Å². The smallest absolute Gasteiger partial charge is 0.223 e. The predicted octanol–water partition coefficient (Wildman–Crippen LogP) is 2.39. The van der Waals surface area contributed by atoms with Crippen LogP contribution in [0.1, 0.15) is 42.3 Å². The van der Waals surface area contributed by atoms with Gasteiger partial charge in [0.25, 0.3) is 0 Å². The topological polar surface area (TPSA) is 77.2 Å². The third-order valence-electron chi connectivity index (χ3n) is 6.07. The Labute approximate surface area is 190 Å². The summed E-state index contributed by atoms with van der Waals surface area (Å²) in [6, 6.07) is 10.3. The maximum atomic E-state index is 12.6. The summed E-state index contributed by atoms with van der Waals surface area (Å²) in [5.41, 5.74) is 3.53. The second-order valence-corrected chi connectivity index (χ2v) is 8.55. The molecule has 2 aromatic rings. The fourth-order valence-electron chi connectivity index (χ4n) is 4.35. The molecule has 1 aromatic carbocycles. The molecule has 1 fully saturated rings. The van der Waals surface area contributed by atoms with E-state index in [0.717, 1.165) is 76.2 Å². The average molecular weight is 439 g/mol. The van der Waals surface area contributed by atoms with Crippen LogP contribution < -0.4 is 5.32 Å². The minimum absolute atomic E-state index is 0.220. The van der Waals surface area contributed by atoms with Crippen LogP contribution >= 0.6 is 0 Å². The van der Waals surface area contributed by atoms with Crippen LogP contribution in [0.5, 0.6) is 0 Å². The van der Waals surface area contributed by atoms with E-state index >= 15 is 0 Å². The molecule has 1 saturated heterocycles. The van der Waals surface area contributed by atoms with Gasteiger partial charge in [0.05, 0.1) is 5.69 Å². The molecule has 0 saturated carbocycles. The van der Waals surface area contributed by atoms with Crippen LogP contribution in [-0.4, -0.2) is 71.0 Å². The molecule has 4 rings (SSSR count). The van der Waals surface area contributed by atoms with Gasteiger partial charge in [-0.15, -0.1) is 0 Å². The maximum absolute atomic E-state index is 12.6. The molecular weight excluding hydrogens is 404 g/mol. The normalized spacial score (nSPS) is 17.0. The number of nitrogens with one attached hydrogen (secondary N) is 1. The highest BCUT2D eigenvalue weighted by molar-refractivity contribution is 5.80. The summed E-state index contributed by atoms with van der Waals surface area (Å²) in [4.78, 5) is 24.1.